The molecule has 5 nitrogen and oxygen atoms in total. The number of hydrogen-bond donors (Lipinski definition) is 2. The predicted octanol–water partition coefficient (Wildman–Crippen LogP) is 2.02. The van der Waals surface area contributed by atoms with Crippen molar-refractivity contribution in [1.82, 2.24) is 10.6 Å². The Balaban J connectivity index is 1.55. The number of hydrogen-bond acceptors (Lipinski definition) is 4. The summed E-state index contributed by atoms with van der Waals surface area (Å²) in [5.74, 6) is 2.24. The van der Waals surface area contributed by atoms with E-state index in [0.717, 1.165) is 64.7 Å². The minimum absolute atomic E-state index is 0.398. The summed E-state index contributed by atoms with van der Waals surface area (Å²) in [6.45, 7) is 7.36. The number of thioether (sulfide) groups is 1. The van der Waals surface area contributed by atoms with Crippen LogP contribution in [0.4, 0.5) is 0 Å². The minimum atomic E-state index is 0.398. The zero-order valence-corrected chi connectivity index (χ0v) is 14.6. The molecular formula is C16H31N3O2S. The van der Waals surface area contributed by atoms with Crippen LogP contribution in [0.25, 0.3) is 0 Å². The van der Waals surface area contributed by atoms with E-state index in [-0.39, 0.29) is 0 Å². The highest BCUT2D eigenvalue weighted by Gasteiger charge is 2.15. The molecule has 128 valence electrons. The topological polar surface area (TPSA) is 54.9 Å². The van der Waals surface area contributed by atoms with Gasteiger partial charge in [-0.3, -0.25) is 4.99 Å². The van der Waals surface area contributed by atoms with Gasteiger partial charge in [0.25, 0.3) is 0 Å². The summed E-state index contributed by atoms with van der Waals surface area (Å²) in [6.07, 6.45) is 6.15. The molecule has 2 fully saturated rings. The van der Waals surface area contributed by atoms with E-state index in [9.17, 15) is 0 Å². The summed E-state index contributed by atoms with van der Waals surface area (Å²) in [4.78, 5) is 4.70. The number of aliphatic imine (C=N–C) groups is 1. The summed E-state index contributed by atoms with van der Waals surface area (Å²) in [6, 6.07) is 0. The van der Waals surface area contributed by atoms with E-state index in [0.29, 0.717) is 11.4 Å². The van der Waals surface area contributed by atoms with Crippen LogP contribution in [0.5, 0.6) is 0 Å². The molecule has 0 radical (unpaired) electrons. The third-order valence-electron chi connectivity index (χ3n) is 3.96. The summed E-state index contributed by atoms with van der Waals surface area (Å²) >= 11 is 2.06. The molecule has 0 aromatic carbocycles. The van der Waals surface area contributed by atoms with Crippen LogP contribution in [0.3, 0.4) is 0 Å². The second-order valence-electron chi connectivity index (χ2n) is 5.82. The third kappa shape index (κ3) is 7.20. The van der Waals surface area contributed by atoms with Crippen LogP contribution < -0.4 is 10.6 Å². The zero-order chi connectivity index (χ0) is 15.5. The van der Waals surface area contributed by atoms with E-state index in [4.69, 9.17) is 14.5 Å². The molecule has 2 aliphatic heterocycles. The van der Waals surface area contributed by atoms with Gasteiger partial charge in [-0.25, -0.2) is 0 Å². The van der Waals surface area contributed by atoms with Gasteiger partial charge in [-0.1, -0.05) is 0 Å². The van der Waals surface area contributed by atoms with E-state index in [1.54, 1.807) is 0 Å². The quantitative estimate of drug-likeness (QED) is 0.405. The van der Waals surface area contributed by atoms with Gasteiger partial charge in [0.2, 0.25) is 0 Å². The Morgan fingerprint density at radius 3 is 2.86 bits per heavy atom. The summed E-state index contributed by atoms with van der Waals surface area (Å²) < 4.78 is 11.2. The van der Waals surface area contributed by atoms with Gasteiger partial charge in [0, 0.05) is 38.2 Å². The van der Waals surface area contributed by atoms with Crippen molar-refractivity contribution in [2.75, 3.05) is 45.2 Å². The van der Waals surface area contributed by atoms with Crippen LogP contribution in [0.1, 0.15) is 39.0 Å². The summed E-state index contributed by atoms with van der Waals surface area (Å²) in [7, 11) is 0. The Hall–Kier alpha value is -0.460. The maximum Gasteiger partial charge on any atom is 0.191 e. The Morgan fingerprint density at radius 1 is 1.27 bits per heavy atom. The van der Waals surface area contributed by atoms with Gasteiger partial charge in [0.15, 0.2) is 5.96 Å². The first-order valence-corrected chi connectivity index (χ1v) is 9.76. The van der Waals surface area contributed by atoms with Gasteiger partial charge in [-0.05, 0) is 44.8 Å². The van der Waals surface area contributed by atoms with Crippen LogP contribution in [0.15, 0.2) is 4.99 Å². The van der Waals surface area contributed by atoms with Gasteiger partial charge < -0.3 is 20.1 Å². The van der Waals surface area contributed by atoms with Crippen molar-refractivity contribution in [3.05, 3.63) is 0 Å². The average Bonchev–Trinajstić information content (AvgIpc) is 3.06. The molecule has 2 rings (SSSR count). The molecule has 2 heterocycles. The van der Waals surface area contributed by atoms with Crippen molar-refractivity contribution in [2.45, 2.75) is 50.4 Å². The fourth-order valence-corrected chi connectivity index (χ4v) is 3.87. The average molecular weight is 330 g/mol. The van der Waals surface area contributed by atoms with Crippen molar-refractivity contribution in [2.24, 2.45) is 4.99 Å². The molecule has 0 spiro atoms. The minimum Gasteiger partial charge on any atom is -0.381 e. The molecule has 1 unspecified atom stereocenters. The molecular weight excluding hydrogens is 298 g/mol. The molecule has 2 aliphatic rings. The lowest BCUT2D eigenvalue weighted by Crippen LogP contribution is -2.38. The van der Waals surface area contributed by atoms with Crippen LogP contribution in [-0.2, 0) is 9.47 Å². The summed E-state index contributed by atoms with van der Waals surface area (Å²) in [5, 5.41) is 7.44. The first kappa shape index (κ1) is 17.9. The highest BCUT2D eigenvalue weighted by Crippen LogP contribution is 2.25. The molecule has 0 bridgehead atoms. The van der Waals surface area contributed by atoms with E-state index >= 15 is 0 Å². The van der Waals surface area contributed by atoms with E-state index in [1.807, 2.05) is 0 Å². The van der Waals surface area contributed by atoms with Gasteiger partial charge in [0.05, 0.1) is 12.6 Å². The Kier molecular flexibility index (Phi) is 9.05. The fraction of sp³-hybridized carbons (Fsp3) is 0.938. The molecule has 6 heteroatoms. The number of ether oxygens (including phenoxy) is 2. The number of nitrogens with one attached hydrogen (secondary N) is 2. The second-order valence-corrected chi connectivity index (χ2v) is 7.23. The maximum atomic E-state index is 5.88. The van der Waals surface area contributed by atoms with Crippen LogP contribution in [0, 0.1) is 0 Å². The van der Waals surface area contributed by atoms with Crippen molar-refractivity contribution in [3.63, 3.8) is 0 Å². The molecule has 2 saturated heterocycles. The van der Waals surface area contributed by atoms with Gasteiger partial charge in [0.1, 0.15) is 0 Å². The first-order chi connectivity index (χ1) is 10.9. The normalized spacial score (nSPS) is 23.7. The third-order valence-corrected chi connectivity index (χ3v) is 5.34. The van der Waals surface area contributed by atoms with Gasteiger partial charge in [-0.15, -0.1) is 0 Å². The molecule has 0 aromatic heterocycles. The predicted molar refractivity (Wildman–Crippen MR) is 93.9 cm³/mol. The molecule has 22 heavy (non-hydrogen) atoms. The van der Waals surface area contributed by atoms with Crippen molar-refractivity contribution in [3.8, 4) is 0 Å². The molecule has 0 amide bonds. The molecule has 2 N–H and O–H groups in total. The van der Waals surface area contributed by atoms with Crippen LogP contribution >= 0.6 is 11.8 Å². The Labute approximate surface area is 139 Å². The SMILES string of the molecule is CCNC(=NCC1CCCS1)NCCCOC1CCOCC1. The molecule has 0 saturated carbocycles. The van der Waals surface area contributed by atoms with E-state index < -0.39 is 0 Å². The number of nitrogens with zero attached hydrogens (tertiary/aromatic N) is 1. The van der Waals surface area contributed by atoms with E-state index in [1.165, 1.54) is 18.6 Å². The van der Waals surface area contributed by atoms with Crippen LogP contribution in [0.2, 0.25) is 0 Å². The lowest BCUT2D eigenvalue weighted by atomic mass is 10.1. The summed E-state index contributed by atoms with van der Waals surface area (Å²) in [5.41, 5.74) is 0. The van der Waals surface area contributed by atoms with Gasteiger partial charge in [-0.2, -0.15) is 11.8 Å². The van der Waals surface area contributed by atoms with Crippen molar-refractivity contribution < 1.29 is 9.47 Å². The van der Waals surface area contributed by atoms with Crippen molar-refractivity contribution >= 4 is 17.7 Å². The molecule has 0 aromatic rings. The smallest absolute Gasteiger partial charge is 0.191 e. The zero-order valence-electron chi connectivity index (χ0n) is 13.8. The molecule has 0 aliphatic carbocycles. The highest BCUT2D eigenvalue weighted by atomic mass is 32.2. The Morgan fingerprint density at radius 2 is 2.14 bits per heavy atom. The number of guanidine groups is 1. The van der Waals surface area contributed by atoms with E-state index in [2.05, 4.69) is 29.3 Å². The largest absolute Gasteiger partial charge is 0.381 e. The van der Waals surface area contributed by atoms with Gasteiger partial charge >= 0.3 is 0 Å². The second kappa shape index (κ2) is 11.1. The molecule has 1 atom stereocenters. The number of rotatable bonds is 8. The van der Waals surface area contributed by atoms with Crippen molar-refractivity contribution in [1.29, 1.82) is 0 Å². The first-order valence-electron chi connectivity index (χ1n) is 8.71. The van der Waals surface area contributed by atoms with Crippen LogP contribution in [-0.4, -0.2) is 62.5 Å². The Bertz CT molecular complexity index is 317. The monoisotopic (exact) mass is 329 g/mol. The fourth-order valence-electron chi connectivity index (χ4n) is 2.69. The lowest BCUT2D eigenvalue weighted by Gasteiger charge is -2.22. The maximum absolute atomic E-state index is 5.88. The highest BCUT2D eigenvalue weighted by molar-refractivity contribution is 8.00. The lowest BCUT2D eigenvalue weighted by molar-refractivity contribution is -0.0320. The standard InChI is InChI=1S/C16H31N3O2S/c1-2-17-16(19-13-15-5-3-12-22-15)18-8-4-9-21-14-6-10-20-11-7-14/h14-15H,2-13H2,1H3,(H2,17,18,19).